The minimum Gasteiger partial charge on any atom is -0.383 e. The van der Waals surface area contributed by atoms with Crippen LogP contribution in [0.4, 0.5) is 0 Å². The second kappa shape index (κ2) is 9.34. The van der Waals surface area contributed by atoms with Gasteiger partial charge in [0.05, 0.1) is 12.5 Å². The average molecular weight is 258 g/mol. The van der Waals surface area contributed by atoms with Gasteiger partial charge in [-0.15, -0.1) is 0 Å². The highest BCUT2D eigenvalue weighted by Gasteiger charge is 2.28. The lowest BCUT2D eigenvalue weighted by Crippen LogP contribution is -2.47. The number of hydrogen-bond donors (Lipinski definition) is 1. The van der Waals surface area contributed by atoms with Crippen molar-refractivity contribution < 1.29 is 9.53 Å². The molecular weight excluding hydrogens is 228 g/mol. The third-order valence-corrected chi connectivity index (χ3v) is 3.58. The summed E-state index contributed by atoms with van der Waals surface area (Å²) in [6, 6.07) is 0.292. The highest BCUT2D eigenvalue weighted by atomic mass is 16.5. The monoisotopic (exact) mass is 258 g/mol. The fourth-order valence-electron chi connectivity index (χ4n) is 2.26. The van der Waals surface area contributed by atoms with Crippen molar-refractivity contribution in [2.75, 3.05) is 26.8 Å². The van der Waals surface area contributed by atoms with Gasteiger partial charge in [-0.25, -0.2) is 0 Å². The molecule has 0 aromatic heterocycles. The summed E-state index contributed by atoms with van der Waals surface area (Å²) in [5, 5.41) is 0. The van der Waals surface area contributed by atoms with Crippen LogP contribution in [0.25, 0.3) is 0 Å². The van der Waals surface area contributed by atoms with Crippen LogP contribution in [-0.4, -0.2) is 43.7 Å². The molecule has 1 unspecified atom stereocenters. The van der Waals surface area contributed by atoms with E-state index in [1.54, 1.807) is 7.11 Å². The van der Waals surface area contributed by atoms with Crippen LogP contribution < -0.4 is 5.73 Å². The van der Waals surface area contributed by atoms with Crippen LogP contribution in [0.2, 0.25) is 0 Å². The molecule has 0 aliphatic rings. The van der Waals surface area contributed by atoms with Crippen LogP contribution in [0.1, 0.15) is 40.5 Å². The second-order valence-corrected chi connectivity index (χ2v) is 5.08. The molecule has 0 saturated heterocycles. The molecule has 0 bridgehead atoms. The molecule has 0 aliphatic heterocycles. The number of methoxy groups -OCH3 is 1. The third kappa shape index (κ3) is 4.94. The van der Waals surface area contributed by atoms with Gasteiger partial charge < -0.3 is 15.4 Å². The molecule has 108 valence electrons. The van der Waals surface area contributed by atoms with Crippen molar-refractivity contribution in [1.82, 2.24) is 4.90 Å². The number of ether oxygens (including phenoxy) is 1. The molecule has 2 N–H and O–H groups in total. The Bertz CT molecular complexity index is 228. The minimum absolute atomic E-state index is 0.0811. The first-order valence-electron chi connectivity index (χ1n) is 7.02. The van der Waals surface area contributed by atoms with E-state index in [0.29, 0.717) is 25.7 Å². The molecule has 4 nitrogen and oxygen atoms in total. The first-order chi connectivity index (χ1) is 8.53. The van der Waals surface area contributed by atoms with E-state index in [9.17, 15) is 4.79 Å². The Hall–Kier alpha value is -0.610. The molecule has 0 heterocycles. The average Bonchev–Trinajstić information content (AvgIpc) is 2.34. The maximum atomic E-state index is 12.6. The van der Waals surface area contributed by atoms with Gasteiger partial charge in [-0.1, -0.05) is 27.7 Å². The van der Waals surface area contributed by atoms with E-state index in [0.717, 1.165) is 12.8 Å². The SMILES string of the molecule is CCC(CC)N(CCOC)C(=O)C(CN)C(C)C. The van der Waals surface area contributed by atoms with Crippen molar-refractivity contribution in [3.63, 3.8) is 0 Å². The highest BCUT2D eigenvalue weighted by molar-refractivity contribution is 5.79. The van der Waals surface area contributed by atoms with Crippen molar-refractivity contribution in [2.45, 2.75) is 46.6 Å². The van der Waals surface area contributed by atoms with E-state index in [1.165, 1.54) is 0 Å². The molecule has 1 atom stereocenters. The normalized spacial score (nSPS) is 13.1. The molecule has 18 heavy (non-hydrogen) atoms. The number of carbonyl (C=O) groups excluding carboxylic acids is 1. The van der Waals surface area contributed by atoms with Crippen LogP contribution >= 0.6 is 0 Å². The summed E-state index contributed by atoms with van der Waals surface area (Å²) in [7, 11) is 1.67. The Morgan fingerprint density at radius 3 is 2.17 bits per heavy atom. The second-order valence-electron chi connectivity index (χ2n) is 5.08. The van der Waals surface area contributed by atoms with Crippen molar-refractivity contribution in [3.8, 4) is 0 Å². The van der Waals surface area contributed by atoms with Gasteiger partial charge >= 0.3 is 0 Å². The van der Waals surface area contributed by atoms with Gasteiger partial charge in [0.1, 0.15) is 0 Å². The molecule has 0 aromatic rings. The van der Waals surface area contributed by atoms with Crippen LogP contribution in [-0.2, 0) is 9.53 Å². The van der Waals surface area contributed by atoms with Crippen LogP contribution in [0.5, 0.6) is 0 Å². The molecule has 4 heteroatoms. The van der Waals surface area contributed by atoms with Crippen LogP contribution in [0, 0.1) is 11.8 Å². The van der Waals surface area contributed by atoms with Gasteiger partial charge in [0.2, 0.25) is 5.91 Å². The minimum atomic E-state index is -0.0811. The number of rotatable bonds is 9. The molecule has 0 rings (SSSR count). The summed E-state index contributed by atoms with van der Waals surface area (Å²) in [6.45, 7) is 10.00. The van der Waals surface area contributed by atoms with Crippen LogP contribution in [0.3, 0.4) is 0 Å². The van der Waals surface area contributed by atoms with Gasteiger partial charge in [-0.2, -0.15) is 0 Å². The first kappa shape index (κ1) is 17.4. The van der Waals surface area contributed by atoms with Crippen molar-refractivity contribution >= 4 is 5.91 Å². The van der Waals surface area contributed by atoms with Crippen LogP contribution in [0.15, 0.2) is 0 Å². The summed E-state index contributed by atoms with van der Waals surface area (Å²) in [6.07, 6.45) is 1.95. The van der Waals surface area contributed by atoms with Gasteiger partial charge in [-0.05, 0) is 18.8 Å². The Labute approximate surface area is 112 Å². The maximum Gasteiger partial charge on any atom is 0.227 e. The number of amides is 1. The third-order valence-electron chi connectivity index (χ3n) is 3.58. The van der Waals surface area contributed by atoms with Crippen molar-refractivity contribution in [3.05, 3.63) is 0 Å². The fourth-order valence-corrected chi connectivity index (χ4v) is 2.26. The zero-order valence-electron chi connectivity index (χ0n) is 12.6. The molecule has 0 aromatic carbocycles. The molecule has 0 saturated carbocycles. The predicted molar refractivity (Wildman–Crippen MR) is 75.3 cm³/mol. The topological polar surface area (TPSA) is 55.6 Å². The largest absolute Gasteiger partial charge is 0.383 e. The number of carbonyl (C=O) groups is 1. The van der Waals surface area contributed by atoms with E-state index in [-0.39, 0.29) is 17.7 Å². The highest BCUT2D eigenvalue weighted by Crippen LogP contribution is 2.17. The Kier molecular flexibility index (Phi) is 9.02. The molecule has 0 spiro atoms. The first-order valence-corrected chi connectivity index (χ1v) is 7.02. The molecule has 0 radical (unpaired) electrons. The van der Waals surface area contributed by atoms with E-state index < -0.39 is 0 Å². The Morgan fingerprint density at radius 2 is 1.83 bits per heavy atom. The van der Waals surface area contributed by atoms with Crippen molar-refractivity contribution in [1.29, 1.82) is 0 Å². The Morgan fingerprint density at radius 1 is 1.28 bits per heavy atom. The maximum absolute atomic E-state index is 12.6. The molecular formula is C14H30N2O2. The quantitative estimate of drug-likeness (QED) is 0.687. The lowest BCUT2D eigenvalue weighted by molar-refractivity contribution is -0.140. The van der Waals surface area contributed by atoms with E-state index in [1.807, 2.05) is 4.90 Å². The number of nitrogens with zero attached hydrogens (tertiary/aromatic N) is 1. The summed E-state index contributed by atoms with van der Waals surface area (Å²) in [5.74, 6) is 0.377. The van der Waals surface area contributed by atoms with Gasteiger partial charge in [0, 0.05) is 26.2 Å². The summed E-state index contributed by atoms with van der Waals surface area (Å²) in [4.78, 5) is 14.5. The van der Waals surface area contributed by atoms with E-state index in [2.05, 4.69) is 27.7 Å². The fraction of sp³-hybridized carbons (Fsp3) is 0.929. The smallest absolute Gasteiger partial charge is 0.227 e. The summed E-state index contributed by atoms with van der Waals surface area (Å²) >= 11 is 0. The Balaban J connectivity index is 4.86. The lowest BCUT2D eigenvalue weighted by Gasteiger charge is -2.34. The van der Waals surface area contributed by atoms with Gasteiger partial charge in [0.25, 0.3) is 0 Å². The van der Waals surface area contributed by atoms with Crippen molar-refractivity contribution in [2.24, 2.45) is 17.6 Å². The number of nitrogens with two attached hydrogens (primary N) is 1. The molecule has 1 amide bonds. The predicted octanol–water partition coefficient (Wildman–Crippen LogP) is 1.88. The zero-order valence-corrected chi connectivity index (χ0v) is 12.6. The summed E-state index contributed by atoms with van der Waals surface area (Å²) < 4.78 is 5.11. The molecule has 0 fully saturated rings. The standard InChI is InChI=1S/C14H30N2O2/c1-6-12(7-2)16(8-9-18-5)14(17)13(10-15)11(3)4/h11-13H,6-10,15H2,1-5H3. The van der Waals surface area contributed by atoms with Gasteiger partial charge in [-0.3, -0.25) is 4.79 Å². The lowest BCUT2D eigenvalue weighted by atomic mass is 9.93. The van der Waals surface area contributed by atoms with Gasteiger partial charge in [0.15, 0.2) is 0 Å². The van der Waals surface area contributed by atoms with E-state index >= 15 is 0 Å². The summed E-state index contributed by atoms with van der Waals surface area (Å²) in [5.41, 5.74) is 5.75. The number of hydrogen-bond acceptors (Lipinski definition) is 3. The van der Waals surface area contributed by atoms with E-state index in [4.69, 9.17) is 10.5 Å². The molecule has 0 aliphatic carbocycles. The zero-order chi connectivity index (χ0) is 14.1.